The number of rotatable bonds is 7. The fourth-order valence-corrected chi connectivity index (χ4v) is 2.35. The number of hydrogen-bond donors (Lipinski definition) is 2. The lowest BCUT2D eigenvalue weighted by Crippen LogP contribution is -2.39. The molecule has 0 bridgehead atoms. The largest absolute Gasteiger partial charge is 0.497 e. The monoisotopic (exact) mass is 273 g/mol. The van der Waals surface area contributed by atoms with Gasteiger partial charge in [-0.2, -0.15) is 11.8 Å². The second-order valence-electron chi connectivity index (χ2n) is 4.49. The molecule has 0 spiro atoms. The summed E-state index contributed by atoms with van der Waals surface area (Å²) in [5.41, 5.74) is -0.210. The number of benzene rings is 1. The van der Waals surface area contributed by atoms with Gasteiger partial charge in [-0.15, -0.1) is 0 Å². The average molecular weight is 273 g/mol. The van der Waals surface area contributed by atoms with Gasteiger partial charge in [0, 0.05) is 30.5 Å². The van der Waals surface area contributed by atoms with E-state index >= 15 is 0 Å². The maximum Gasteiger partial charge on any atom is 0.131 e. The zero-order chi connectivity index (χ0) is 13.6. The van der Waals surface area contributed by atoms with E-state index in [0.29, 0.717) is 30.2 Å². The van der Waals surface area contributed by atoms with Crippen molar-refractivity contribution in [3.8, 4) is 5.75 Å². The maximum atomic E-state index is 13.6. The summed E-state index contributed by atoms with van der Waals surface area (Å²) in [7, 11) is 1.51. The van der Waals surface area contributed by atoms with E-state index in [1.54, 1.807) is 30.8 Å². The van der Waals surface area contributed by atoms with Crippen LogP contribution in [-0.4, -0.2) is 36.4 Å². The highest BCUT2D eigenvalue weighted by molar-refractivity contribution is 7.98. The summed E-state index contributed by atoms with van der Waals surface area (Å²) in [5, 5.41) is 13.0. The molecule has 2 N–H and O–H groups in total. The van der Waals surface area contributed by atoms with Crippen molar-refractivity contribution in [2.45, 2.75) is 19.1 Å². The van der Waals surface area contributed by atoms with E-state index in [1.165, 1.54) is 13.2 Å². The third-order valence-corrected chi connectivity index (χ3v) is 3.45. The number of halogens is 1. The highest BCUT2D eigenvalue weighted by Gasteiger charge is 2.18. The number of aliphatic hydroxyl groups is 1. The van der Waals surface area contributed by atoms with Crippen LogP contribution in [0.25, 0.3) is 0 Å². The van der Waals surface area contributed by atoms with E-state index in [4.69, 9.17) is 4.74 Å². The second-order valence-corrected chi connectivity index (χ2v) is 5.36. The lowest BCUT2D eigenvalue weighted by molar-refractivity contribution is 0.0845. The van der Waals surface area contributed by atoms with E-state index < -0.39 is 5.60 Å². The molecule has 1 aromatic carbocycles. The van der Waals surface area contributed by atoms with Crippen LogP contribution in [0, 0.1) is 5.82 Å². The van der Waals surface area contributed by atoms with Crippen LogP contribution in [0.15, 0.2) is 18.2 Å². The van der Waals surface area contributed by atoms with E-state index in [2.05, 4.69) is 5.32 Å². The highest BCUT2D eigenvalue weighted by atomic mass is 32.2. The Morgan fingerprint density at radius 2 is 2.22 bits per heavy atom. The maximum absolute atomic E-state index is 13.6. The molecule has 102 valence electrons. The predicted molar refractivity (Wildman–Crippen MR) is 73.7 cm³/mol. The Labute approximate surface area is 112 Å². The molecule has 0 heterocycles. The lowest BCUT2D eigenvalue weighted by Gasteiger charge is -2.22. The normalized spacial score (nSPS) is 14.3. The summed E-state index contributed by atoms with van der Waals surface area (Å²) in [6, 6.07) is 4.77. The number of methoxy groups -OCH3 is 1. The zero-order valence-electron chi connectivity index (χ0n) is 11.0. The van der Waals surface area contributed by atoms with Crippen LogP contribution in [0.3, 0.4) is 0 Å². The van der Waals surface area contributed by atoms with Crippen LogP contribution < -0.4 is 10.1 Å². The van der Waals surface area contributed by atoms with Gasteiger partial charge in [-0.25, -0.2) is 4.39 Å². The Kier molecular flexibility index (Phi) is 5.91. The van der Waals surface area contributed by atoms with Gasteiger partial charge in [0.05, 0.1) is 12.7 Å². The minimum atomic E-state index is -0.775. The molecule has 0 aliphatic heterocycles. The van der Waals surface area contributed by atoms with Crippen molar-refractivity contribution in [2.75, 3.05) is 25.7 Å². The SMILES string of the molecule is COc1ccc(CNCC(C)(O)CSC)c(F)c1. The zero-order valence-corrected chi connectivity index (χ0v) is 11.8. The van der Waals surface area contributed by atoms with Crippen LogP contribution in [0.5, 0.6) is 5.75 Å². The molecule has 1 unspecified atom stereocenters. The lowest BCUT2D eigenvalue weighted by atomic mass is 10.1. The van der Waals surface area contributed by atoms with Crippen LogP contribution in [-0.2, 0) is 6.54 Å². The smallest absolute Gasteiger partial charge is 0.131 e. The molecule has 0 fully saturated rings. The van der Waals surface area contributed by atoms with Crippen LogP contribution in [0.2, 0.25) is 0 Å². The number of ether oxygens (including phenoxy) is 1. The molecule has 18 heavy (non-hydrogen) atoms. The Bertz CT molecular complexity index is 385. The molecule has 0 aromatic heterocycles. The average Bonchev–Trinajstić information content (AvgIpc) is 2.31. The molecule has 0 aliphatic rings. The van der Waals surface area contributed by atoms with Crippen molar-refractivity contribution in [2.24, 2.45) is 0 Å². The van der Waals surface area contributed by atoms with Gasteiger partial charge in [0.15, 0.2) is 0 Å². The summed E-state index contributed by atoms with van der Waals surface area (Å²) < 4.78 is 18.6. The summed E-state index contributed by atoms with van der Waals surface area (Å²) in [6.07, 6.45) is 1.94. The van der Waals surface area contributed by atoms with E-state index in [0.717, 1.165) is 0 Å². The first-order chi connectivity index (χ1) is 8.48. The fourth-order valence-electron chi connectivity index (χ4n) is 1.63. The van der Waals surface area contributed by atoms with Crippen molar-refractivity contribution >= 4 is 11.8 Å². The Morgan fingerprint density at radius 1 is 1.50 bits per heavy atom. The van der Waals surface area contributed by atoms with Crippen molar-refractivity contribution in [1.82, 2.24) is 5.32 Å². The Morgan fingerprint density at radius 3 is 2.78 bits per heavy atom. The van der Waals surface area contributed by atoms with Gasteiger partial charge < -0.3 is 15.2 Å². The molecule has 1 rings (SSSR count). The first-order valence-electron chi connectivity index (χ1n) is 5.73. The van der Waals surface area contributed by atoms with Gasteiger partial charge in [-0.1, -0.05) is 6.07 Å². The Balaban J connectivity index is 2.49. The standard InChI is InChI=1S/C13H20FNO2S/c1-13(16,9-18-3)8-15-7-10-4-5-11(17-2)6-12(10)14/h4-6,15-16H,7-9H2,1-3H3. The topological polar surface area (TPSA) is 41.5 Å². The van der Waals surface area contributed by atoms with E-state index in [1.807, 2.05) is 6.26 Å². The third kappa shape index (κ3) is 4.84. The third-order valence-electron chi connectivity index (χ3n) is 2.54. The summed E-state index contributed by atoms with van der Waals surface area (Å²) in [5.74, 6) is 0.849. The summed E-state index contributed by atoms with van der Waals surface area (Å²) >= 11 is 1.58. The predicted octanol–water partition coefficient (Wildman–Crippen LogP) is 2.04. The van der Waals surface area contributed by atoms with Gasteiger partial charge >= 0.3 is 0 Å². The number of hydrogen-bond acceptors (Lipinski definition) is 4. The molecule has 1 atom stereocenters. The highest BCUT2D eigenvalue weighted by Crippen LogP contribution is 2.16. The molecular weight excluding hydrogens is 253 g/mol. The van der Waals surface area contributed by atoms with Crippen molar-refractivity contribution < 1.29 is 14.2 Å². The summed E-state index contributed by atoms with van der Waals surface area (Å²) in [4.78, 5) is 0. The van der Waals surface area contributed by atoms with Crippen molar-refractivity contribution in [3.63, 3.8) is 0 Å². The van der Waals surface area contributed by atoms with E-state index in [9.17, 15) is 9.50 Å². The molecule has 3 nitrogen and oxygen atoms in total. The minimum Gasteiger partial charge on any atom is -0.497 e. The number of thioether (sulfide) groups is 1. The van der Waals surface area contributed by atoms with Gasteiger partial charge in [0.25, 0.3) is 0 Å². The van der Waals surface area contributed by atoms with Crippen molar-refractivity contribution in [3.05, 3.63) is 29.6 Å². The molecule has 5 heteroatoms. The molecule has 0 radical (unpaired) electrons. The van der Waals surface area contributed by atoms with Crippen LogP contribution in [0.4, 0.5) is 4.39 Å². The first-order valence-corrected chi connectivity index (χ1v) is 7.12. The molecule has 0 saturated carbocycles. The fraction of sp³-hybridized carbons (Fsp3) is 0.538. The van der Waals surface area contributed by atoms with Crippen molar-refractivity contribution in [1.29, 1.82) is 0 Å². The van der Waals surface area contributed by atoms with Gasteiger partial charge in [-0.3, -0.25) is 0 Å². The molecule has 0 amide bonds. The first kappa shape index (κ1) is 15.3. The molecule has 1 aromatic rings. The quantitative estimate of drug-likeness (QED) is 0.798. The van der Waals surface area contributed by atoms with Crippen LogP contribution >= 0.6 is 11.8 Å². The van der Waals surface area contributed by atoms with Gasteiger partial charge in [-0.05, 0) is 19.2 Å². The second kappa shape index (κ2) is 6.97. The van der Waals surface area contributed by atoms with Crippen LogP contribution in [0.1, 0.15) is 12.5 Å². The molecule has 0 aliphatic carbocycles. The molecular formula is C13H20FNO2S. The Hall–Kier alpha value is -0.780. The van der Waals surface area contributed by atoms with E-state index in [-0.39, 0.29) is 5.82 Å². The van der Waals surface area contributed by atoms with Gasteiger partial charge in [0.1, 0.15) is 11.6 Å². The number of nitrogens with one attached hydrogen (secondary N) is 1. The van der Waals surface area contributed by atoms with Gasteiger partial charge in [0.2, 0.25) is 0 Å². The summed E-state index contributed by atoms with van der Waals surface area (Å²) in [6.45, 7) is 2.58. The molecule has 0 saturated heterocycles. The minimum absolute atomic E-state index is 0.300.